The van der Waals surface area contributed by atoms with Crippen molar-refractivity contribution in [2.24, 2.45) is 0 Å². The Kier molecular flexibility index (Phi) is 15.6. The summed E-state index contributed by atoms with van der Waals surface area (Å²) in [5.41, 5.74) is 26.6. The van der Waals surface area contributed by atoms with Crippen molar-refractivity contribution in [2.75, 3.05) is 9.80 Å². The normalized spacial score (nSPS) is 11.3. The molecule has 0 radical (unpaired) electrons. The van der Waals surface area contributed by atoms with Gasteiger partial charge in [0.15, 0.2) is 0 Å². The molecule has 0 aliphatic rings. The van der Waals surface area contributed by atoms with Gasteiger partial charge in [-0.25, -0.2) is 0 Å². The Morgan fingerprint density at radius 1 is 0.196 bits per heavy atom. The molecule has 478 valence electrons. The predicted octanol–water partition coefficient (Wildman–Crippen LogP) is 26.4. The Hall–Kier alpha value is -13.8. The van der Waals surface area contributed by atoms with Crippen molar-refractivity contribution in [1.82, 2.24) is 9.13 Å². The molecule has 5 heteroatoms. The zero-order valence-corrected chi connectivity index (χ0v) is 55.8. The number of aromatic nitrogens is 2. The van der Waals surface area contributed by atoms with Crippen molar-refractivity contribution in [3.63, 3.8) is 0 Å². The zero-order valence-electron chi connectivity index (χ0n) is 55.8. The maximum absolute atomic E-state index is 13.3. The monoisotopic (exact) mass is 1300 g/mol. The van der Waals surface area contributed by atoms with E-state index in [-0.39, 0.29) is 0 Å². The highest BCUT2D eigenvalue weighted by atomic mass is 15.1. The minimum Gasteiger partial charge on any atom is -0.311 e. The van der Waals surface area contributed by atoms with Crippen LogP contribution in [0.2, 0.25) is 0 Å². The molecular formula is C97H65N5. The molecule has 2 heterocycles. The van der Waals surface area contributed by atoms with E-state index in [2.05, 4.69) is 419 Å². The summed E-state index contributed by atoms with van der Waals surface area (Å²) < 4.78 is 4.84. The molecular weight excluding hydrogens is 1240 g/mol. The van der Waals surface area contributed by atoms with Crippen molar-refractivity contribution in [3.8, 4) is 95.3 Å². The number of para-hydroxylation sites is 4. The smallest absolute Gasteiger partial charge is 0.104 e. The van der Waals surface area contributed by atoms with Crippen molar-refractivity contribution in [3.05, 3.63) is 400 Å². The number of hydrogen-bond donors (Lipinski definition) is 0. The summed E-state index contributed by atoms with van der Waals surface area (Å²) in [5, 5.41) is 17.6. The largest absolute Gasteiger partial charge is 0.311 e. The molecule has 18 aromatic rings. The van der Waals surface area contributed by atoms with Gasteiger partial charge in [-0.05, 0) is 183 Å². The quantitative estimate of drug-likeness (QED) is 0.103. The van der Waals surface area contributed by atoms with E-state index in [0.29, 0.717) is 5.56 Å². The topological polar surface area (TPSA) is 40.1 Å². The van der Waals surface area contributed by atoms with Crippen LogP contribution < -0.4 is 9.80 Å². The molecule has 0 amide bonds. The second kappa shape index (κ2) is 26.2. The third kappa shape index (κ3) is 10.8. The molecule has 0 saturated heterocycles. The molecule has 0 aliphatic carbocycles. The summed E-state index contributed by atoms with van der Waals surface area (Å²) in [4.78, 5) is 4.62. The second-order valence-electron chi connectivity index (χ2n) is 25.8. The Morgan fingerprint density at radius 3 is 0.647 bits per heavy atom. The van der Waals surface area contributed by atoms with Crippen LogP contribution >= 0.6 is 0 Å². The third-order valence-electron chi connectivity index (χ3n) is 19.9. The molecule has 0 atom stereocenters. The fourth-order valence-corrected chi connectivity index (χ4v) is 15.3. The second-order valence-corrected chi connectivity index (χ2v) is 25.8. The van der Waals surface area contributed by atoms with Crippen LogP contribution in [-0.4, -0.2) is 9.13 Å². The van der Waals surface area contributed by atoms with E-state index in [1.807, 2.05) is 0 Å². The fourth-order valence-electron chi connectivity index (χ4n) is 15.3. The lowest BCUT2D eigenvalue weighted by atomic mass is 9.82. The van der Waals surface area contributed by atoms with E-state index < -0.39 is 0 Å². The van der Waals surface area contributed by atoms with Gasteiger partial charge in [0.05, 0.1) is 33.4 Å². The highest BCUT2D eigenvalue weighted by Gasteiger charge is 2.33. The Labute approximate surface area is 593 Å². The van der Waals surface area contributed by atoms with Gasteiger partial charge in [-0.3, -0.25) is 0 Å². The number of hydrogen-bond acceptors (Lipinski definition) is 3. The van der Waals surface area contributed by atoms with Crippen LogP contribution in [0.1, 0.15) is 5.56 Å². The molecule has 0 saturated carbocycles. The van der Waals surface area contributed by atoms with Gasteiger partial charge in [0.1, 0.15) is 11.6 Å². The fraction of sp³-hybridized carbons (Fsp3) is 0. The maximum Gasteiger partial charge on any atom is 0.104 e. The number of anilines is 6. The molecule has 0 aliphatic heterocycles. The van der Waals surface area contributed by atoms with Crippen molar-refractivity contribution >= 4 is 77.7 Å². The van der Waals surface area contributed by atoms with Crippen LogP contribution in [0.3, 0.4) is 0 Å². The van der Waals surface area contributed by atoms with Crippen LogP contribution in [0.25, 0.3) is 133 Å². The molecule has 18 rings (SSSR count). The summed E-state index contributed by atoms with van der Waals surface area (Å²) in [6.07, 6.45) is 0. The average molecular weight is 1300 g/mol. The SMILES string of the molecule is N#Cc1c(-n2c3ccc(-c4ccccc4)cc3c3cc(-c4ccccc4)ccc32)c(-c2ccc(N(c3ccccc3)c3ccccc3)cc2)c(-c2ccccc2)c(-c2ccc(N(c3ccccc3)c3ccccc3)cc2)c1-n1c2ccc(-c3ccccc3)cc2c2cc(-c3ccccc3)ccc21. The van der Waals surface area contributed by atoms with E-state index in [0.717, 1.165) is 167 Å². The van der Waals surface area contributed by atoms with E-state index in [4.69, 9.17) is 0 Å². The zero-order chi connectivity index (χ0) is 67.9. The maximum atomic E-state index is 13.3. The van der Waals surface area contributed by atoms with Gasteiger partial charge >= 0.3 is 0 Å². The minimum atomic E-state index is 0.509. The first-order valence-electron chi connectivity index (χ1n) is 34.7. The molecule has 16 aromatic carbocycles. The summed E-state index contributed by atoms with van der Waals surface area (Å²) >= 11 is 0. The summed E-state index contributed by atoms with van der Waals surface area (Å²) in [7, 11) is 0. The van der Waals surface area contributed by atoms with Crippen LogP contribution in [0, 0.1) is 11.3 Å². The number of fused-ring (bicyclic) bond motifs is 6. The molecule has 0 fully saturated rings. The van der Waals surface area contributed by atoms with Crippen molar-refractivity contribution < 1.29 is 0 Å². The first kappa shape index (κ1) is 60.6. The van der Waals surface area contributed by atoms with Gasteiger partial charge < -0.3 is 18.9 Å². The lowest BCUT2D eigenvalue weighted by molar-refractivity contribution is 1.12. The number of benzene rings is 16. The van der Waals surface area contributed by atoms with Gasteiger partial charge in [-0.2, -0.15) is 5.26 Å². The molecule has 0 N–H and O–H groups in total. The molecule has 0 unspecified atom stereocenters. The van der Waals surface area contributed by atoms with Crippen molar-refractivity contribution in [2.45, 2.75) is 0 Å². The van der Waals surface area contributed by atoms with Gasteiger partial charge in [-0.15, -0.1) is 0 Å². The lowest BCUT2D eigenvalue weighted by Crippen LogP contribution is -2.12. The summed E-state index contributed by atoms with van der Waals surface area (Å²) in [6, 6.07) is 145. The number of nitrogens with zero attached hydrogens (tertiary/aromatic N) is 5. The van der Waals surface area contributed by atoms with Gasteiger partial charge in [-0.1, -0.05) is 273 Å². The first-order chi connectivity index (χ1) is 50.6. The molecule has 0 spiro atoms. The van der Waals surface area contributed by atoms with E-state index in [1.54, 1.807) is 0 Å². The number of rotatable bonds is 15. The third-order valence-corrected chi connectivity index (χ3v) is 19.9. The summed E-state index contributed by atoms with van der Waals surface area (Å²) in [5.74, 6) is 0. The van der Waals surface area contributed by atoms with Crippen LogP contribution in [0.4, 0.5) is 34.1 Å². The lowest BCUT2D eigenvalue weighted by Gasteiger charge is -2.29. The first-order valence-corrected chi connectivity index (χ1v) is 34.7. The van der Waals surface area contributed by atoms with E-state index in [9.17, 15) is 5.26 Å². The van der Waals surface area contributed by atoms with E-state index in [1.165, 1.54) is 0 Å². The Balaban J connectivity index is 1.02. The number of nitriles is 1. The Morgan fingerprint density at radius 2 is 0.402 bits per heavy atom. The highest BCUT2D eigenvalue weighted by Crippen LogP contribution is 2.54. The molecule has 0 bridgehead atoms. The van der Waals surface area contributed by atoms with Crippen LogP contribution in [-0.2, 0) is 0 Å². The minimum absolute atomic E-state index is 0.509. The standard InChI is InChI=1S/C97H65N5/c98-66-88-96(101-89-58-50-74(67-28-10-1-11-29-67)62-84(89)85-63-75(51-59-90(85)101)68-30-12-2-13-31-68)94(72-46-54-82(55-47-72)99(78-38-20-6-21-39-78)79-40-22-7-23-41-79)93(71-36-18-5-19-37-71)95(73-48-56-83(57-49-73)100(80-42-24-8-25-43-80)81-44-26-9-27-45-81)97(88)102-91-60-52-76(69-32-14-3-15-33-69)64-86(91)87-65-77(53-61-92(87)102)70-34-16-4-17-35-70/h1-65H. The highest BCUT2D eigenvalue weighted by molar-refractivity contribution is 6.17. The van der Waals surface area contributed by atoms with Crippen LogP contribution in [0.15, 0.2) is 394 Å². The van der Waals surface area contributed by atoms with Gasteiger partial charge in [0, 0.05) is 72.4 Å². The molecule has 102 heavy (non-hydrogen) atoms. The molecule has 5 nitrogen and oxygen atoms in total. The molecule has 2 aromatic heterocycles. The van der Waals surface area contributed by atoms with Gasteiger partial charge in [0.2, 0.25) is 0 Å². The van der Waals surface area contributed by atoms with E-state index >= 15 is 0 Å². The van der Waals surface area contributed by atoms with Gasteiger partial charge in [0.25, 0.3) is 0 Å². The van der Waals surface area contributed by atoms with Crippen molar-refractivity contribution in [1.29, 1.82) is 5.26 Å². The Bertz CT molecular complexity index is 5490. The predicted molar refractivity (Wildman–Crippen MR) is 427 cm³/mol. The summed E-state index contributed by atoms with van der Waals surface area (Å²) in [6.45, 7) is 0. The van der Waals surface area contributed by atoms with Crippen LogP contribution in [0.5, 0.6) is 0 Å². The average Bonchev–Trinajstić information content (AvgIpc) is 0.914.